The number of ether oxygens (including phenoxy) is 1. The van der Waals surface area contributed by atoms with Crippen molar-refractivity contribution in [2.75, 3.05) is 23.0 Å². The normalized spacial score (nSPS) is 26.8. The molecule has 9 heteroatoms. The zero-order valence-electron chi connectivity index (χ0n) is 28.0. The molecule has 4 aromatic carbocycles. The summed E-state index contributed by atoms with van der Waals surface area (Å²) < 4.78 is 6.00. The molecule has 0 unspecified atom stereocenters. The number of imide groups is 2. The number of hydrogen-bond acceptors (Lipinski definition) is 7. The molecule has 3 fully saturated rings. The van der Waals surface area contributed by atoms with E-state index in [9.17, 15) is 29.1 Å². The molecule has 4 amide bonds. The molecule has 2 saturated heterocycles. The van der Waals surface area contributed by atoms with Crippen LogP contribution in [0.15, 0.2) is 121 Å². The molecular weight excluding hydrogens is 644 g/mol. The van der Waals surface area contributed by atoms with Crippen molar-refractivity contribution in [1.29, 1.82) is 0 Å². The molecule has 4 aliphatic rings. The monoisotopic (exact) mass is 680 g/mol. The SMILES string of the molecule is C[C@@]12C(=O)N(c3ccccc3)C(=O)[C@@H]1C[C@@H]1C(=CC[C@@H]3C(=O)N(c4ccc(C(=O)c5ccccc5)cc4)C(=O)[C@@H]31)[C@@H]2c1ccccc1OCCO. The van der Waals surface area contributed by atoms with Crippen LogP contribution >= 0.6 is 0 Å². The van der Waals surface area contributed by atoms with Gasteiger partial charge in [-0.1, -0.05) is 78.4 Å². The summed E-state index contributed by atoms with van der Waals surface area (Å²) in [5.41, 5.74) is 2.16. The fourth-order valence-corrected chi connectivity index (χ4v) is 8.96. The Kier molecular flexibility index (Phi) is 8.03. The molecule has 2 aliphatic carbocycles. The van der Waals surface area contributed by atoms with Gasteiger partial charge in [-0.15, -0.1) is 0 Å². The third-order valence-electron chi connectivity index (χ3n) is 11.3. The molecule has 1 saturated carbocycles. The van der Waals surface area contributed by atoms with E-state index in [0.29, 0.717) is 40.2 Å². The van der Waals surface area contributed by atoms with Crippen LogP contribution in [0.1, 0.15) is 47.2 Å². The van der Waals surface area contributed by atoms with E-state index in [1.807, 2.05) is 43.3 Å². The summed E-state index contributed by atoms with van der Waals surface area (Å²) in [6, 6.07) is 31.6. The van der Waals surface area contributed by atoms with Crippen LogP contribution in [0.4, 0.5) is 11.4 Å². The first-order valence-electron chi connectivity index (χ1n) is 17.3. The minimum absolute atomic E-state index is 0.0394. The highest BCUT2D eigenvalue weighted by atomic mass is 16.5. The van der Waals surface area contributed by atoms with Gasteiger partial charge in [0.2, 0.25) is 23.6 Å². The molecule has 51 heavy (non-hydrogen) atoms. The number of ketones is 1. The number of carbonyl (C=O) groups excluding carboxylic acids is 5. The van der Waals surface area contributed by atoms with Crippen LogP contribution in [0.5, 0.6) is 5.75 Å². The van der Waals surface area contributed by atoms with Gasteiger partial charge in [0.25, 0.3) is 0 Å². The summed E-state index contributed by atoms with van der Waals surface area (Å²) >= 11 is 0. The van der Waals surface area contributed by atoms with Gasteiger partial charge < -0.3 is 9.84 Å². The van der Waals surface area contributed by atoms with Crippen molar-refractivity contribution in [3.63, 3.8) is 0 Å². The second-order valence-electron chi connectivity index (χ2n) is 13.9. The molecule has 4 aromatic rings. The Hall–Kier alpha value is -5.67. The number of nitrogens with zero attached hydrogens (tertiary/aromatic N) is 2. The van der Waals surface area contributed by atoms with Crippen LogP contribution in [0.25, 0.3) is 0 Å². The van der Waals surface area contributed by atoms with Crippen LogP contribution in [-0.2, 0) is 19.2 Å². The lowest BCUT2D eigenvalue weighted by molar-refractivity contribution is -0.131. The first-order chi connectivity index (χ1) is 24.8. The van der Waals surface area contributed by atoms with E-state index >= 15 is 0 Å². The van der Waals surface area contributed by atoms with Gasteiger partial charge in [-0.05, 0) is 68.1 Å². The van der Waals surface area contributed by atoms with Gasteiger partial charge in [-0.25, -0.2) is 4.90 Å². The van der Waals surface area contributed by atoms with E-state index < -0.39 is 35.0 Å². The Morgan fingerprint density at radius 3 is 2.08 bits per heavy atom. The Morgan fingerprint density at radius 2 is 1.37 bits per heavy atom. The Bertz CT molecular complexity index is 2090. The number of allylic oxidation sites excluding steroid dienone is 2. The Balaban J connectivity index is 1.19. The van der Waals surface area contributed by atoms with Crippen LogP contribution in [-0.4, -0.2) is 47.7 Å². The van der Waals surface area contributed by atoms with Crippen molar-refractivity contribution in [2.45, 2.75) is 25.7 Å². The summed E-state index contributed by atoms with van der Waals surface area (Å²) in [7, 11) is 0. The maximum atomic E-state index is 14.6. The van der Waals surface area contributed by atoms with Gasteiger partial charge >= 0.3 is 0 Å². The number of benzene rings is 4. The molecule has 6 atom stereocenters. The van der Waals surface area contributed by atoms with Crippen molar-refractivity contribution in [1.82, 2.24) is 0 Å². The van der Waals surface area contributed by atoms with Crippen molar-refractivity contribution < 1.29 is 33.8 Å². The van der Waals surface area contributed by atoms with Gasteiger partial charge in [0.05, 0.1) is 41.2 Å². The summed E-state index contributed by atoms with van der Waals surface area (Å²) in [6.45, 7) is 1.67. The summed E-state index contributed by atoms with van der Waals surface area (Å²) in [5, 5.41) is 9.59. The number of fused-ring (bicyclic) bond motifs is 4. The molecule has 9 nitrogen and oxygen atoms in total. The maximum Gasteiger partial charge on any atom is 0.241 e. The first kappa shape index (κ1) is 32.5. The number of anilines is 2. The van der Waals surface area contributed by atoms with Gasteiger partial charge in [0.1, 0.15) is 12.4 Å². The maximum absolute atomic E-state index is 14.6. The summed E-state index contributed by atoms with van der Waals surface area (Å²) in [6.07, 6.45) is 2.52. The Labute approximate surface area is 295 Å². The number of hydrogen-bond donors (Lipinski definition) is 1. The van der Waals surface area contributed by atoms with Gasteiger partial charge in [-0.2, -0.15) is 0 Å². The first-order valence-corrected chi connectivity index (χ1v) is 17.3. The van der Waals surface area contributed by atoms with Crippen molar-refractivity contribution in [3.8, 4) is 5.75 Å². The third kappa shape index (κ3) is 4.98. The lowest BCUT2D eigenvalue weighted by Crippen LogP contribution is -2.49. The minimum Gasteiger partial charge on any atom is -0.491 e. The molecule has 1 N–H and O–H groups in total. The van der Waals surface area contributed by atoms with E-state index in [-0.39, 0.29) is 49.0 Å². The van der Waals surface area contributed by atoms with E-state index in [4.69, 9.17) is 4.74 Å². The molecule has 0 radical (unpaired) electrons. The highest BCUT2D eigenvalue weighted by Gasteiger charge is 2.68. The molecule has 8 rings (SSSR count). The minimum atomic E-state index is -1.22. The number of para-hydroxylation sites is 2. The van der Waals surface area contributed by atoms with Crippen LogP contribution in [0.3, 0.4) is 0 Å². The van der Waals surface area contributed by atoms with E-state index in [1.165, 1.54) is 9.80 Å². The molecule has 256 valence electrons. The zero-order chi connectivity index (χ0) is 35.4. The van der Waals surface area contributed by atoms with Gasteiger partial charge in [-0.3, -0.25) is 28.9 Å². The highest BCUT2D eigenvalue weighted by molar-refractivity contribution is 6.25. The number of carbonyl (C=O) groups is 5. The fourth-order valence-electron chi connectivity index (χ4n) is 8.96. The lowest BCUT2D eigenvalue weighted by atomic mass is 9.51. The fraction of sp³-hybridized carbons (Fsp3) is 0.262. The van der Waals surface area contributed by atoms with Crippen molar-refractivity contribution >= 4 is 40.8 Å². The second kappa shape index (κ2) is 12.6. The summed E-state index contributed by atoms with van der Waals surface area (Å²) in [5.74, 6) is -4.30. The zero-order valence-corrected chi connectivity index (χ0v) is 28.0. The molecule has 2 aliphatic heterocycles. The lowest BCUT2D eigenvalue weighted by Gasteiger charge is -2.49. The second-order valence-corrected chi connectivity index (χ2v) is 13.9. The van der Waals surface area contributed by atoms with Crippen molar-refractivity contribution in [2.24, 2.45) is 29.1 Å². The highest BCUT2D eigenvalue weighted by Crippen LogP contribution is 2.64. The Morgan fingerprint density at radius 1 is 0.745 bits per heavy atom. The van der Waals surface area contributed by atoms with E-state index in [1.54, 1.807) is 78.9 Å². The van der Waals surface area contributed by atoms with E-state index in [2.05, 4.69) is 0 Å². The smallest absolute Gasteiger partial charge is 0.241 e. The molecular formula is C42H36N2O7. The van der Waals surface area contributed by atoms with Crippen LogP contribution in [0.2, 0.25) is 0 Å². The topological polar surface area (TPSA) is 121 Å². The number of amides is 4. The average molecular weight is 681 g/mol. The number of aliphatic hydroxyl groups excluding tert-OH is 1. The van der Waals surface area contributed by atoms with Gasteiger partial charge in [0, 0.05) is 22.6 Å². The average Bonchev–Trinajstić information content (AvgIpc) is 3.53. The quantitative estimate of drug-likeness (QED) is 0.144. The molecule has 0 spiro atoms. The molecule has 2 heterocycles. The standard InChI is InChI=1S/C42H36N2O7/c1-42-33(39(48)44(41(42)50)27-12-6-3-7-13-27)24-32-29(36(42)30-14-8-9-15-34(30)51-23-22-45)20-21-31-35(32)40(49)43(38(31)47)28-18-16-26(17-19-28)37(46)25-10-4-2-5-11-25/h2-20,31-33,35-36,45H,21-24H2,1H3/t31-,32+,33-,35-,36+,42+/m0/s1. The predicted octanol–water partition coefficient (Wildman–Crippen LogP) is 5.72. The molecule has 0 bridgehead atoms. The van der Waals surface area contributed by atoms with Gasteiger partial charge in [0.15, 0.2) is 5.78 Å². The predicted molar refractivity (Wildman–Crippen MR) is 189 cm³/mol. The third-order valence-corrected chi connectivity index (χ3v) is 11.3. The molecule has 0 aromatic heterocycles. The summed E-state index contributed by atoms with van der Waals surface area (Å²) in [4.78, 5) is 73.2. The van der Waals surface area contributed by atoms with E-state index in [0.717, 1.165) is 5.57 Å². The van der Waals surface area contributed by atoms with Crippen LogP contribution in [0, 0.1) is 29.1 Å². The number of aliphatic hydroxyl groups is 1. The van der Waals surface area contributed by atoms with Crippen LogP contribution < -0.4 is 14.5 Å². The number of rotatable bonds is 8. The largest absolute Gasteiger partial charge is 0.491 e. The van der Waals surface area contributed by atoms with Crippen molar-refractivity contribution in [3.05, 3.63) is 138 Å².